The van der Waals surface area contributed by atoms with Crippen LogP contribution in [0.3, 0.4) is 0 Å². The van der Waals surface area contributed by atoms with E-state index in [0.29, 0.717) is 23.9 Å². The van der Waals surface area contributed by atoms with Crippen molar-refractivity contribution < 1.29 is 9.21 Å². The fourth-order valence-electron chi connectivity index (χ4n) is 3.88. The summed E-state index contributed by atoms with van der Waals surface area (Å²) in [6.45, 7) is 0.924. The number of aromatic amines is 1. The second-order valence-corrected chi connectivity index (χ2v) is 9.75. The molecule has 1 atom stereocenters. The maximum atomic E-state index is 12.7. The Labute approximate surface area is 183 Å². The van der Waals surface area contributed by atoms with Crippen LogP contribution in [-0.4, -0.2) is 34.1 Å². The van der Waals surface area contributed by atoms with Crippen molar-refractivity contribution in [3.63, 3.8) is 0 Å². The minimum atomic E-state index is -0.284. The highest BCUT2D eigenvalue weighted by Gasteiger charge is 2.37. The maximum Gasteiger partial charge on any atom is 0.175 e. The molecule has 3 aromatic heterocycles. The summed E-state index contributed by atoms with van der Waals surface area (Å²) in [6.07, 6.45) is 1.75. The van der Waals surface area contributed by atoms with Gasteiger partial charge in [0.05, 0.1) is 28.9 Å². The first-order valence-electron chi connectivity index (χ1n) is 9.26. The molecule has 0 spiro atoms. The Kier molecular flexibility index (Phi) is 4.24. The van der Waals surface area contributed by atoms with Crippen LogP contribution in [0.2, 0.25) is 5.02 Å². The third-order valence-corrected chi connectivity index (χ3v) is 7.41. The van der Waals surface area contributed by atoms with Gasteiger partial charge in [0.2, 0.25) is 0 Å². The van der Waals surface area contributed by atoms with Gasteiger partial charge in [-0.1, -0.05) is 11.6 Å². The van der Waals surface area contributed by atoms with Gasteiger partial charge in [-0.2, -0.15) is 5.10 Å². The number of Topliss-reactive ketones (excluding diaryl/α,β-unsaturated/α-hetero) is 1. The van der Waals surface area contributed by atoms with E-state index in [1.165, 1.54) is 11.8 Å². The molecule has 5 heterocycles. The van der Waals surface area contributed by atoms with E-state index in [2.05, 4.69) is 25.8 Å². The fourth-order valence-corrected chi connectivity index (χ4v) is 5.99. The first kappa shape index (κ1) is 18.2. The zero-order chi connectivity index (χ0) is 20.2. The highest BCUT2D eigenvalue weighted by Crippen LogP contribution is 2.44. The van der Waals surface area contributed by atoms with E-state index < -0.39 is 0 Å². The Morgan fingerprint density at radius 1 is 1.23 bits per heavy atom. The van der Waals surface area contributed by atoms with Crippen molar-refractivity contribution in [2.75, 3.05) is 18.4 Å². The van der Waals surface area contributed by atoms with E-state index in [9.17, 15) is 4.79 Å². The number of thiazole rings is 1. The second kappa shape index (κ2) is 6.98. The van der Waals surface area contributed by atoms with Crippen LogP contribution in [0.4, 0.5) is 5.82 Å². The Morgan fingerprint density at radius 3 is 3.10 bits per heavy atom. The lowest BCUT2D eigenvalue weighted by Crippen LogP contribution is -2.39. The van der Waals surface area contributed by atoms with Crippen LogP contribution in [0.1, 0.15) is 17.2 Å². The number of benzene rings is 1. The van der Waals surface area contributed by atoms with Gasteiger partial charge in [-0.05, 0) is 42.1 Å². The van der Waals surface area contributed by atoms with Crippen LogP contribution in [0.15, 0.2) is 61.6 Å². The molecule has 7 nitrogen and oxygen atoms in total. The van der Waals surface area contributed by atoms with Crippen LogP contribution < -0.4 is 10.6 Å². The van der Waals surface area contributed by atoms with Gasteiger partial charge in [0.1, 0.15) is 11.6 Å². The number of anilines is 1. The summed E-state index contributed by atoms with van der Waals surface area (Å²) in [5.41, 5.74) is 3.38. The number of aromatic nitrogens is 3. The van der Waals surface area contributed by atoms with Crippen LogP contribution in [-0.2, 0) is 4.79 Å². The molecule has 0 aliphatic carbocycles. The molecule has 150 valence electrons. The zero-order valence-corrected chi connectivity index (χ0v) is 17.7. The van der Waals surface area contributed by atoms with E-state index >= 15 is 0 Å². The van der Waals surface area contributed by atoms with Crippen molar-refractivity contribution in [3.05, 3.63) is 64.1 Å². The fraction of sp³-hybridized carbons (Fsp3) is 0.150. The highest BCUT2D eigenvalue weighted by atomic mass is 35.5. The Bertz CT molecular complexity index is 1340. The number of halogens is 1. The van der Waals surface area contributed by atoms with E-state index in [1.807, 2.05) is 30.3 Å². The van der Waals surface area contributed by atoms with Gasteiger partial charge in [-0.15, -0.1) is 11.3 Å². The predicted octanol–water partition coefficient (Wildman–Crippen LogP) is 4.40. The summed E-state index contributed by atoms with van der Waals surface area (Å²) in [6, 6.07) is 9.55. The van der Waals surface area contributed by atoms with Gasteiger partial charge in [-0.3, -0.25) is 9.89 Å². The minimum Gasteiger partial charge on any atom is -0.453 e. The molecule has 0 radical (unpaired) electrons. The maximum absolute atomic E-state index is 12.7. The molecule has 1 unspecified atom stereocenters. The molecular formula is C20H14ClN5O2S2. The molecule has 10 heteroatoms. The largest absolute Gasteiger partial charge is 0.453 e. The lowest BCUT2D eigenvalue weighted by atomic mass is 9.82. The predicted molar refractivity (Wildman–Crippen MR) is 116 cm³/mol. The molecule has 0 saturated heterocycles. The smallest absolute Gasteiger partial charge is 0.175 e. The van der Waals surface area contributed by atoms with Gasteiger partial charge in [0, 0.05) is 28.4 Å². The van der Waals surface area contributed by atoms with Gasteiger partial charge in [0.25, 0.3) is 0 Å². The lowest BCUT2D eigenvalue weighted by Gasteiger charge is -2.30. The van der Waals surface area contributed by atoms with E-state index in [-0.39, 0.29) is 11.7 Å². The minimum absolute atomic E-state index is 0.0641. The third kappa shape index (κ3) is 2.97. The SMILES string of the molecule is O=C1CNCC2=C1C(c1ccc(Sc3nc4cc(Cl)ccc4s3)o1)c1cn[nH]c1N2. The molecule has 0 amide bonds. The van der Waals surface area contributed by atoms with Crippen LogP contribution in [0.25, 0.3) is 10.2 Å². The molecule has 2 aliphatic heterocycles. The summed E-state index contributed by atoms with van der Waals surface area (Å²) in [5, 5.41) is 14.9. The molecule has 0 bridgehead atoms. The lowest BCUT2D eigenvalue weighted by molar-refractivity contribution is -0.115. The Hall–Kier alpha value is -2.59. The number of hydrogen-bond acceptors (Lipinski definition) is 8. The number of carbonyl (C=O) groups is 1. The number of fused-ring (bicyclic) bond motifs is 2. The quantitative estimate of drug-likeness (QED) is 0.421. The average molecular weight is 456 g/mol. The van der Waals surface area contributed by atoms with Crippen molar-refractivity contribution in [1.29, 1.82) is 0 Å². The summed E-state index contributed by atoms with van der Waals surface area (Å²) < 4.78 is 8.15. The summed E-state index contributed by atoms with van der Waals surface area (Å²) >= 11 is 9.12. The summed E-state index contributed by atoms with van der Waals surface area (Å²) in [4.78, 5) is 17.3. The number of ketones is 1. The number of furan rings is 1. The first-order chi connectivity index (χ1) is 14.7. The molecule has 4 aromatic rings. The van der Waals surface area contributed by atoms with Crippen molar-refractivity contribution in [1.82, 2.24) is 20.5 Å². The Morgan fingerprint density at radius 2 is 2.17 bits per heavy atom. The normalized spacial score (nSPS) is 18.4. The number of carbonyl (C=O) groups excluding carboxylic acids is 1. The molecular weight excluding hydrogens is 442 g/mol. The number of nitrogens with one attached hydrogen (secondary N) is 3. The van der Waals surface area contributed by atoms with Gasteiger partial charge >= 0.3 is 0 Å². The molecule has 3 N–H and O–H groups in total. The van der Waals surface area contributed by atoms with E-state index in [1.54, 1.807) is 17.5 Å². The third-order valence-electron chi connectivity index (χ3n) is 5.16. The molecule has 2 aliphatic rings. The van der Waals surface area contributed by atoms with Gasteiger partial charge in [0.15, 0.2) is 15.2 Å². The number of rotatable bonds is 3. The average Bonchev–Trinajstić information content (AvgIpc) is 3.45. The van der Waals surface area contributed by atoms with Crippen LogP contribution in [0.5, 0.6) is 0 Å². The summed E-state index contributed by atoms with van der Waals surface area (Å²) in [5.74, 6) is 1.29. The van der Waals surface area contributed by atoms with Crippen molar-refractivity contribution in [3.8, 4) is 0 Å². The van der Waals surface area contributed by atoms with Crippen molar-refractivity contribution in [2.24, 2.45) is 0 Å². The molecule has 1 aromatic carbocycles. The number of nitrogens with zero attached hydrogens (tertiary/aromatic N) is 2. The molecule has 6 rings (SSSR count). The molecule has 0 saturated carbocycles. The monoisotopic (exact) mass is 455 g/mol. The van der Waals surface area contributed by atoms with Gasteiger partial charge in [-0.25, -0.2) is 4.98 Å². The van der Waals surface area contributed by atoms with Gasteiger partial charge < -0.3 is 15.1 Å². The zero-order valence-electron chi connectivity index (χ0n) is 15.4. The topological polar surface area (TPSA) is 95.8 Å². The Balaban J connectivity index is 1.36. The standard InChI is InChI=1S/C20H14ClN5O2S2/c21-9-1-3-15-11(5-9)25-20(29-15)30-16-4-2-14(28-16)17-10-6-23-26-19(10)24-12-7-22-8-13(27)18(12)17/h1-6,17,22H,7-8H2,(H2,23,24,26). The van der Waals surface area contributed by atoms with Crippen LogP contribution in [0, 0.1) is 0 Å². The highest BCUT2D eigenvalue weighted by molar-refractivity contribution is 8.01. The first-order valence-corrected chi connectivity index (χ1v) is 11.3. The molecule has 30 heavy (non-hydrogen) atoms. The number of hydrogen-bond donors (Lipinski definition) is 3. The number of H-pyrrole nitrogens is 1. The van der Waals surface area contributed by atoms with Crippen LogP contribution >= 0.6 is 34.7 Å². The molecule has 0 fully saturated rings. The van der Waals surface area contributed by atoms with Crippen molar-refractivity contribution >= 4 is 56.5 Å². The van der Waals surface area contributed by atoms with E-state index in [0.717, 1.165) is 42.3 Å². The summed E-state index contributed by atoms with van der Waals surface area (Å²) in [7, 11) is 0. The second-order valence-electron chi connectivity index (χ2n) is 7.03. The van der Waals surface area contributed by atoms with Crippen molar-refractivity contribution in [2.45, 2.75) is 15.3 Å². The van der Waals surface area contributed by atoms with E-state index in [4.69, 9.17) is 16.0 Å².